The van der Waals surface area contributed by atoms with Crippen LogP contribution in [0.4, 0.5) is 5.69 Å². The number of Topliss-reactive ketones (excluding diaryl/α,β-unsaturated/α-hetero) is 1. The standard InChI is InChI=1S/C44H44N2O6S/c1-53(48,49)46(30-34-16-7-3-8-17-34)39-28-36(24-25-42(39)51-32-35-18-9-4-10-19-35)40(47)31-45(29-33-14-5-2-6-15-33)26-27-50-43-23-13-21-38-37-20-11-12-22-41(37)52-44(38)43/h2-10,13-19,21,23-25,28H,11-12,20,22,26-27,29-32H2,1H3. The van der Waals surface area contributed by atoms with Crippen LogP contribution in [-0.2, 0) is 42.6 Å². The molecule has 0 radical (unpaired) electrons. The number of hydrogen-bond donors (Lipinski definition) is 0. The SMILES string of the molecule is CS(=O)(=O)N(Cc1ccccc1)c1cc(C(=O)CN(CCOc2cccc3c4c(oc23)CCCC4)Cc2ccccc2)ccc1OCc1ccccc1. The third-order valence-electron chi connectivity index (χ3n) is 9.58. The largest absolute Gasteiger partial charge is 0.488 e. The number of aryl methyl sites for hydroxylation is 2. The molecule has 0 fully saturated rings. The van der Waals surface area contributed by atoms with Gasteiger partial charge in [-0.3, -0.25) is 14.0 Å². The van der Waals surface area contributed by atoms with Gasteiger partial charge in [0.05, 0.1) is 25.0 Å². The van der Waals surface area contributed by atoms with E-state index in [2.05, 4.69) is 11.0 Å². The summed E-state index contributed by atoms with van der Waals surface area (Å²) in [5, 5.41) is 1.12. The number of ketones is 1. The van der Waals surface area contributed by atoms with E-state index in [-0.39, 0.29) is 25.5 Å². The third-order valence-corrected chi connectivity index (χ3v) is 10.7. The Morgan fingerprint density at radius 1 is 0.717 bits per heavy atom. The smallest absolute Gasteiger partial charge is 0.232 e. The van der Waals surface area contributed by atoms with Gasteiger partial charge in [0.25, 0.3) is 0 Å². The second-order valence-electron chi connectivity index (χ2n) is 13.5. The first-order chi connectivity index (χ1) is 25.8. The summed E-state index contributed by atoms with van der Waals surface area (Å²) in [6.45, 7) is 1.78. The maximum atomic E-state index is 14.1. The molecule has 53 heavy (non-hydrogen) atoms. The zero-order valence-electron chi connectivity index (χ0n) is 29.9. The minimum atomic E-state index is -3.78. The molecule has 7 rings (SSSR count). The summed E-state index contributed by atoms with van der Waals surface area (Å²) < 4.78 is 46.9. The number of carbonyl (C=O) groups excluding carboxylic acids is 1. The molecule has 1 aliphatic rings. The van der Waals surface area contributed by atoms with Gasteiger partial charge in [0.2, 0.25) is 10.0 Å². The second kappa shape index (κ2) is 16.5. The number of hydrogen-bond acceptors (Lipinski definition) is 7. The van der Waals surface area contributed by atoms with Crippen molar-refractivity contribution < 1.29 is 27.1 Å². The zero-order valence-corrected chi connectivity index (χ0v) is 30.8. The van der Waals surface area contributed by atoms with E-state index < -0.39 is 10.0 Å². The number of carbonyl (C=O) groups is 1. The lowest BCUT2D eigenvalue weighted by atomic mass is 9.96. The Balaban J connectivity index is 1.14. The molecule has 1 aliphatic carbocycles. The molecule has 0 saturated carbocycles. The van der Waals surface area contributed by atoms with Crippen LogP contribution in [0, 0.1) is 0 Å². The Labute approximate surface area is 311 Å². The van der Waals surface area contributed by atoms with Crippen LogP contribution < -0.4 is 13.8 Å². The fraction of sp³-hybridized carbons (Fsp3) is 0.250. The first-order valence-electron chi connectivity index (χ1n) is 18.1. The van der Waals surface area contributed by atoms with Crippen molar-refractivity contribution in [1.82, 2.24) is 4.90 Å². The Hall–Kier alpha value is -5.38. The molecule has 1 aromatic heterocycles. The maximum absolute atomic E-state index is 14.1. The molecule has 9 heteroatoms. The summed E-state index contributed by atoms with van der Waals surface area (Å²) in [6, 6.07) is 40.2. The lowest BCUT2D eigenvalue weighted by molar-refractivity contribution is 0.0912. The van der Waals surface area contributed by atoms with Crippen molar-refractivity contribution in [3.63, 3.8) is 0 Å². The van der Waals surface area contributed by atoms with Crippen LogP contribution in [0.2, 0.25) is 0 Å². The third kappa shape index (κ3) is 8.99. The Bertz CT molecular complexity index is 2260. The molecule has 0 spiro atoms. The summed E-state index contributed by atoms with van der Waals surface area (Å²) in [6.07, 6.45) is 5.45. The summed E-state index contributed by atoms with van der Waals surface area (Å²) >= 11 is 0. The number of nitrogens with zero attached hydrogens (tertiary/aromatic N) is 2. The van der Waals surface area contributed by atoms with Crippen LogP contribution >= 0.6 is 0 Å². The number of anilines is 1. The number of para-hydroxylation sites is 1. The van der Waals surface area contributed by atoms with Crippen LogP contribution in [0.1, 0.15) is 51.2 Å². The first-order valence-corrected chi connectivity index (χ1v) is 19.9. The van der Waals surface area contributed by atoms with Gasteiger partial charge in [0.15, 0.2) is 17.1 Å². The van der Waals surface area contributed by atoms with Crippen molar-refractivity contribution >= 4 is 32.5 Å². The van der Waals surface area contributed by atoms with Gasteiger partial charge in [-0.25, -0.2) is 8.42 Å². The molecule has 0 amide bonds. The normalized spacial score (nSPS) is 12.8. The molecule has 0 saturated heterocycles. The summed E-state index contributed by atoms with van der Waals surface area (Å²) in [4.78, 5) is 16.2. The van der Waals surface area contributed by atoms with Gasteiger partial charge in [-0.2, -0.15) is 0 Å². The fourth-order valence-electron chi connectivity index (χ4n) is 6.88. The Morgan fingerprint density at radius 2 is 1.38 bits per heavy atom. The fourth-order valence-corrected chi connectivity index (χ4v) is 7.76. The lowest BCUT2D eigenvalue weighted by Gasteiger charge is -2.26. The monoisotopic (exact) mass is 728 g/mol. The predicted octanol–water partition coefficient (Wildman–Crippen LogP) is 8.62. The van der Waals surface area contributed by atoms with E-state index in [0.29, 0.717) is 42.4 Å². The molecule has 5 aromatic carbocycles. The average molecular weight is 729 g/mol. The number of fused-ring (bicyclic) bond motifs is 3. The minimum absolute atomic E-state index is 0.0852. The van der Waals surface area contributed by atoms with Gasteiger partial charge < -0.3 is 13.9 Å². The van der Waals surface area contributed by atoms with Crippen LogP contribution in [0.25, 0.3) is 11.0 Å². The summed E-state index contributed by atoms with van der Waals surface area (Å²) in [7, 11) is -3.78. The first kappa shape index (κ1) is 36.0. The van der Waals surface area contributed by atoms with Gasteiger partial charge in [0, 0.05) is 36.0 Å². The molecular weight excluding hydrogens is 685 g/mol. The van der Waals surface area contributed by atoms with Crippen molar-refractivity contribution in [1.29, 1.82) is 0 Å². The van der Waals surface area contributed by atoms with Crippen LogP contribution in [0.15, 0.2) is 132 Å². The molecule has 6 aromatic rings. The molecule has 1 heterocycles. The maximum Gasteiger partial charge on any atom is 0.232 e. The van der Waals surface area contributed by atoms with Gasteiger partial charge in [-0.15, -0.1) is 0 Å². The van der Waals surface area contributed by atoms with E-state index in [4.69, 9.17) is 13.9 Å². The van der Waals surface area contributed by atoms with Crippen LogP contribution in [-0.4, -0.2) is 45.1 Å². The lowest BCUT2D eigenvalue weighted by Crippen LogP contribution is -2.33. The van der Waals surface area contributed by atoms with E-state index in [0.717, 1.165) is 52.7 Å². The number of sulfonamides is 1. The molecule has 0 aliphatic heterocycles. The van der Waals surface area contributed by atoms with Crippen molar-refractivity contribution in [3.05, 3.63) is 161 Å². The topological polar surface area (TPSA) is 89.3 Å². The van der Waals surface area contributed by atoms with E-state index in [1.54, 1.807) is 18.2 Å². The van der Waals surface area contributed by atoms with Crippen molar-refractivity contribution in [2.45, 2.75) is 45.4 Å². The highest BCUT2D eigenvalue weighted by Crippen LogP contribution is 2.37. The Kier molecular flexibility index (Phi) is 11.2. The molecular formula is C44H44N2O6S. The molecule has 0 N–H and O–H groups in total. The number of rotatable bonds is 16. The van der Waals surface area contributed by atoms with Crippen molar-refractivity contribution in [3.8, 4) is 11.5 Å². The van der Waals surface area contributed by atoms with Crippen molar-refractivity contribution in [2.75, 3.05) is 30.3 Å². The highest BCUT2D eigenvalue weighted by Gasteiger charge is 2.25. The van der Waals surface area contributed by atoms with Crippen molar-refractivity contribution in [2.24, 2.45) is 0 Å². The van der Waals surface area contributed by atoms with E-state index in [9.17, 15) is 13.2 Å². The highest BCUT2D eigenvalue weighted by molar-refractivity contribution is 7.92. The Morgan fingerprint density at radius 3 is 2.08 bits per heavy atom. The van der Waals surface area contributed by atoms with Gasteiger partial charge in [0.1, 0.15) is 24.7 Å². The summed E-state index contributed by atoms with van der Waals surface area (Å²) in [5.74, 6) is 1.99. The number of ether oxygens (including phenoxy) is 2. The number of benzene rings is 5. The van der Waals surface area contributed by atoms with Gasteiger partial charge in [-0.05, 0) is 60.2 Å². The predicted molar refractivity (Wildman–Crippen MR) is 209 cm³/mol. The molecule has 272 valence electrons. The van der Waals surface area contributed by atoms with Gasteiger partial charge in [-0.1, -0.05) is 103 Å². The molecule has 0 atom stereocenters. The summed E-state index contributed by atoms with van der Waals surface area (Å²) in [5.41, 5.74) is 5.60. The number of furan rings is 1. The quantitative estimate of drug-likeness (QED) is 0.0923. The molecule has 0 unspecified atom stereocenters. The minimum Gasteiger partial charge on any atom is -0.488 e. The van der Waals surface area contributed by atoms with E-state index in [1.807, 2.05) is 103 Å². The van der Waals surface area contributed by atoms with E-state index in [1.165, 1.54) is 22.5 Å². The van der Waals surface area contributed by atoms with Crippen LogP contribution in [0.5, 0.6) is 11.5 Å². The van der Waals surface area contributed by atoms with Gasteiger partial charge >= 0.3 is 0 Å². The highest BCUT2D eigenvalue weighted by atomic mass is 32.2. The molecule has 8 nitrogen and oxygen atoms in total. The van der Waals surface area contributed by atoms with E-state index >= 15 is 0 Å². The van der Waals surface area contributed by atoms with Crippen LogP contribution in [0.3, 0.4) is 0 Å². The zero-order chi connectivity index (χ0) is 36.6. The average Bonchev–Trinajstić information content (AvgIpc) is 3.56. The second-order valence-corrected chi connectivity index (χ2v) is 15.4. The molecule has 0 bridgehead atoms.